The second kappa shape index (κ2) is 9.32. The van der Waals surface area contributed by atoms with Crippen molar-refractivity contribution in [3.63, 3.8) is 0 Å². The number of rotatable bonds is 5. The third kappa shape index (κ3) is 4.42. The van der Waals surface area contributed by atoms with E-state index >= 15 is 4.39 Å². The monoisotopic (exact) mass is 485 g/mol. The molecule has 0 spiro atoms. The second-order valence-corrected chi connectivity index (χ2v) is 8.46. The molecule has 1 aromatic carbocycles. The van der Waals surface area contributed by atoms with Crippen LogP contribution in [0, 0.1) is 34.8 Å². The number of benzene rings is 1. The van der Waals surface area contributed by atoms with Gasteiger partial charge in [0.1, 0.15) is 18.2 Å². The maximum absolute atomic E-state index is 15.2. The summed E-state index contributed by atoms with van der Waals surface area (Å²) < 4.78 is 41.2. The zero-order chi connectivity index (χ0) is 23.7. The number of ether oxygens (including phenoxy) is 2. The van der Waals surface area contributed by atoms with Crippen molar-refractivity contribution < 1.29 is 18.3 Å². The van der Waals surface area contributed by atoms with E-state index in [1.165, 1.54) is 12.1 Å². The van der Waals surface area contributed by atoms with E-state index < -0.39 is 11.6 Å². The number of nitriles is 1. The number of aromatic nitrogens is 4. The van der Waals surface area contributed by atoms with Crippen LogP contribution in [0.15, 0.2) is 36.9 Å². The normalized spacial score (nSPS) is 21.6. The fourth-order valence-electron chi connectivity index (χ4n) is 4.19. The van der Waals surface area contributed by atoms with Crippen molar-refractivity contribution in [2.75, 3.05) is 36.5 Å². The van der Waals surface area contributed by atoms with Gasteiger partial charge >= 0.3 is 0 Å². The van der Waals surface area contributed by atoms with Crippen LogP contribution in [0.2, 0.25) is 5.02 Å². The van der Waals surface area contributed by atoms with Gasteiger partial charge in [0.25, 0.3) is 5.88 Å². The molecule has 0 amide bonds. The summed E-state index contributed by atoms with van der Waals surface area (Å²) in [5, 5.41) is 11.9. The Hall–Kier alpha value is -3.62. The summed E-state index contributed by atoms with van der Waals surface area (Å²) in [6, 6.07) is 5.66. The van der Waals surface area contributed by atoms with Crippen LogP contribution < -0.4 is 15.0 Å². The van der Waals surface area contributed by atoms with Gasteiger partial charge in [-0.05, 0) is 18.2 Å². The molecule has 0 radical (unpaired) electrons. The van der Waals surface area contributed by atoms with Crippen LogP contribution in [0.5, 0.6) is 5.88 Å². The molecule has 0 saturated carbocycles. The van der Waals surface area contributed by atoms with Crippen LogP contribution in [0.4, 0.5) is 26.2 Å². The number of anilines is 3. The van der Waals surface area contributed by atoms with E-state index in [0.29, 0.717) is 37.3 Å². The molecule has 3 aromatic rings. The quantitative estimate of drug-likeness (QED) is 0.581. The Balaban J connectivity index is 1.33. The summed E-state index contributed by atoms with van der Waals surface area (Å²) in [7, 11) is 0. The molecule has 2 aliphatic rings. The Bertz CT molecular complexity index is 1230. The van der Waals surface area contributed by atoms with Gasteiger partial charge in [0.2, 0.25) is 11.8 Å². The molecule has 2 unspecified atom stereocenters. The van der Waals surface area contributed by atoms with Gasteiger partial charge < -0.3 is 19.7 Å². The number of nitrogens with one attached hydrogen (secondary N) is 1. The highest BCUT2D eigenvalue weighted by Crippen LogP contribution is 2.34. The predicted octanol–water partition coefficient (Wildman–Crippen LogP) is 3.34. The molecule has 2 atom stereocenters. The van der Waals surface area contributed by atoms with Crippen molar-refractivity contribution in [3.8, 4) is 11.9 Å². The molecule has 34 heavy (non-hydrogen) atoms. The predicted molar refractivity (Wildman–Crippen MR) is 118 cm³/mol. The van der Waals surface area contributed by atoms with Crippen LogP contribution in [0.1, 0.15) is 5.56 Å². The summed E-state index contributed by atoms with van der Waals surface area (Å²) in [6.45, 7) is 1.97. The highest BCUT2D eigenvalue weighted by molar-refractivity contribution is 6.30. The van der Waals surface area contributed by atoms with E-state index in [4.69, 9.17) is 26.3 Å². The van der Waals surface area contributed by atoms with E-state index in [-0.39, 0.29) is 40.9 Å². The van der Waals surface area contributed by atoms with E-state index in [9.17, 15) is 4.39 Å². The third-order valence-corrected chi connectivity index (χ3v) is 5.94. The van der Waals surface area contributed by atoms with Gasteiger partial charge in [0.15, 0.2) is 5.82 Å². The highest BCUT2D eigenvalue weighted by atomic mass is 35.5. The van der Waals surface area contributed by atoms with E-state index in [1.807, 2.05) is 11.0 Å². The molecule has 174 valence electrons. The minimum atomic E-state index is -0.839. The smallest absolute Gasteiger partial charge is 0.256 e. The fourth-order valence-corrected chi connectivity index (χ4v) is 4.29. The van der Waals surface area contributed by atoms with Crippen LogP contribution in [0.3, 0.4) is 0 Å². The Morgan fingerprint density at radius 3 is 2.53 bits per heavy atom. The standard InChI is InChI=1S/C22H18ClF2N7O2/c23-15-5-27-22(28-6-15)32-7-13-9-33-10-14(8-32)19(13)34-21-18(25)20(29-11-30-21)31-17-2-1-12(4-26)3-16(17)24/h1-3,5-6,11,13-14,19H,7-10H2,(H,29,30,31). The van der Waals surface area contributed by atoms with Crippen LogP contribution in [-0.2, 0) is 4.74 Å². The summed E-state index contributed by atoms with van der Waals surface area (Å²) >= 11 is 5.89. The number of nitrogens with zero attached hydrogens (tertiary/aromatic N) is 6. The molecule has 2 bridgehead atoms. The molecule has 2 saturated heterocycles. The van der Waals surface area contributed by atoms with Crippen LogP contribution in [0.25, 0.3) is 0 Å². The summed E-state index contributed by atoms with van der Waals surface area (Å²) in [5.74, 6) is -1.60. The summed E-state index contributed by atoms with van der Waals surface area (Å²) in [5.41, 5.74) is 0.128. The molecule has 1 N–H and O–H groups in total. The lowest BCUT2D eigenvalue weighted by atomic mass is 9.84. The average Bonchev–Trinajstić information content (AvgIpc) is 2.83. The van der Waals surface area contributed by atoms with E-state index in [2.05, 4.69) is 25.3 Å². The van der Waals surface area contributed by atoms with Gasteiger partial charge in [-0.1, -0.05) is 11.6 Å². The third-order valence-electron chi connectivity index (χ3n) is 5.75. The van der Waals surface area contributed by atoms with Crippen molar-refractivity contribution in [2.24, 2.45) is 11.8 Å². The minimum Gasteiger partial charge on any atom is -0.471 e. The zero-order valence-electron chi connectivity index (χ0n) is 17.7. The molecule has 2 aliphatic heterocycles. The lowest BCUT2D eigenvalue weighted by Gasteiger charge is -2.46. The molecule has 4 heterocycles. The van der Waals surface area contributed by atoms with E-state index in [1.54, 1.807) is 12.4 Å². The topological polar surface area (TPSA) is 109 Å². The zero-order valence-corrected chi connectivity index (χ0v) is 18.4. The number of piperidine rings is 1. The van der Waals surface area contributed by atoms with Gasteiger partial charge in [-0.25, -0.2) is 19.3 Å². The first kappa shape index (κ1) is 22.2. The largest absolute Gasteiger partial charge is 0.471 e. The molecular formula is C22H18ClF2N7O2. The number of hydrogen-bond donors (Lipinski definition) is 1. The number of hydrogen-bond acceptors (Lipinski definition) is 9. The molecule has 0 aliphatic carbocycles. The van der Waals surface area contributed by atoms with Crippen molar-refractivity contribution in [1.29, 1.82) is 5.26 Å². The first-order valence-corrected chi connectivity index (χ1v) is 10.8. The highest BCUT2D eigenvalue weighted by Gasteiger charge is 2.43. The Morgan fingerprint density at radius 2 is 1.85 bits per heavy atom. The van der Waals surface area contributed by atoms with Crippen molar-refractivity contribution >= 4 is 29.1 Å². The fraction of sp³-hybridized carbons (Fsp3) is 0.318. The molecule has 5 rings (SSSR count). The maximum atomic E-state index is 15.2. The van der Waals surface area contributed by atoms with Gasteiger partial charge in [-0.3, -0.25) is 0 Å². The first-order valence-electron chi connectivity index (χ1n) is 10.5. The van der Waals surface area contributed by atoms with Crippen molar-refractivity contribution in [3.05, 3.63) is 59.1 Å². The van der Waals surface area contributed by atoms with Crippen LogP contribution in [-0.4, -0.2) is 52.3 Å². The Labute approximate surface area is 198 Å². The number of halogens is 3. The van der Waals surface area contributed by atoms with Gasteiger partial charge in [-0.15, -0.1) is 0 Å². The van der Waals surface area contributed by atoms with Crippen molar-refractivity contribution in [2.45, 2.75) is 6.10 Å². The Kier molecular flexibility index (Phi) is 6.08. The summed E-state index contributed by atoms with van der Waals surface area (Å²) in [6.07, 6.45) is 3.88. The summed E-state index contributed by atoms with van der Waals surface area (Å²) in [4.78, 5) is 18.4. The van der Waals surface area contributed by atoms with Gasteiger partial charge in [0.05, 0.1) is 48.0 Å². The lowest BCUT2D eigenvalue weighted by Crippen LogP contribution is -2.58. The minimum absolute atomic E-state index is 0.0240. The molecular weight excluding hydrogens is 468 g/mol. The van der Waals surface area contributed by atoms with Gasteiger partial charge in [0, 0.05) is 24.9 Å². The maximum Gasteiger partial charge on any atom is 0.256 e. The van der Waals surface area contributed by atoms with Crippen LogP contribution >= 0.6 is 11.6 Å². The molecule has 2 fully saturated rings. The Morgan fingerprint density at radius 1 is 1.12 bits per heavy atom. The van der Waals surface area contributed by atoms with E-state index in [0.717, 1.165) is 12.4 Å². The van der Waals surface area contributed by atoms with Gasteiger partial charge in [-0.2, -0.15) is 14.6 Å². The van der Waals surface area contributed by atoms with Crippen molar-refractivity contribution in [1.82, 2.24) is 19.9 Å². The first-order chi connectivity index (χ1) is 16.5. The molecule has 12 heteroatoms. The molecule has 2 aromatic heterocycles. The second-order valence-electron chi connectivity index (χ2n) is 8.02. The lowest BCUT2D eigenvalue weighted by molar-refractivity contribution is -0.0780. The average molecular weight is 486 g/mol. The number of fused-ring (bicyclic) bond motifs is 2. The molecule has 9 nitrogen and oxygen atoms in total. The SMILES string of the molecule is N#Cc1ccc(Nc2ncnc(OC3C4COCC3CN(c3ncc(Cl)cn3)C4)c2F)c(F)c1.